The van der Waals surface area contributed by atoms with E-state index in [0.717, 1.165) is 38.5 Å². The van der Waals surface area contributed by atoms with Gasteiger partial charge in [-0.05, 0) is 50.7 Å². The summed E-state index contributed by atoms with van der Waals surface area (Å²) in [6.07, 6.45) is 8.02. The average Bonchev–Trinajstić information content (AvgIpc) is 3.55. The largest absolute Gasteiger partial charge is 0.478 e. The van der Waals surface area contributed by atoms with Crippen molar-refractivity contribution in [3.8, 4) is 11.3 Å². The quantitative estimate of drug-likeness (QED) is 0.517. The van der Waals surface area contributed by atoms with Crippen LogP contribution in [-0.2, 0) is 11.3 Å². The number of anilines is 1. The molecule has 2 saturated heterocycles. The molecule has 1 aliphatic carbocycles. The summed E-state index contributed by atoms with van der Waals surface area (Å²) in [4.78, 5) is 21.8. The van der Waals surface area contributed by atoms with Crippen molar-refractivity contribution in [2.75, 3.05) is 4.90 Å². The van der Waals surface area contributed by atoms with Crippen LogP contribution in [0.5, 0.6) is 0 Å². The van der Waals surface area contributed by atoms with E-state index in [1.807, 2.05) is 0 Å². The monoisotopic (exact) mass is 482 g/mol. The van der Waals surface area contributed by atoms with Crippen LogP contribution in [0.15, 0.2) is 35.1 Å². The Labute approximate surface area is 199 Å². The Morgan fingerprint density at radius 3 is 2.34 bits per heavy atom. The topological polar surface area (TPSA) is 102 Å². The lowest BCUT2D eigenvalue weighted by atomic mass is 9.99. The number of hydrogen-bond acceptors (Lipinski definition) is 7. The number of halogens is 2. The zero-order valence-electron chi connectivity index (χ0n) is 18.9. The van der Waals surface area contributed by atoms with E-state index >= 15 is 0 Å². The molecule has 1 N–H and O–H groups in total. The summed E-state index contributed by atoms with van der Waals surface area (Å²) >= 11 is 0. The molecule has 1 saturated carbocycles. The summed E-state index contributed by atoms with van der Waals surface area (Å²) in [6.45, 7) is 0.173. The third kappa shape index (κ3) is 4.05. The molecule has 2 aromatic heterocycles. The minimum atomic E-state index is -1.06. The van der Waals surface area contributed by atoms with Gasteiger partial charge in [-0.3, -0.25) is 0 Å². The lowest BCUT2D eigenvalue weighted by Gasteiger charge is -2.38. The number of carboxylic acid groups (broad SMARTS) is 1. The Kier molecular flexibility index (Phi) is 5.47. The van der Waals surface area contributed by atoms with E-state index in [1.165, 1.54) is 30.6 Å². The van der Waals surface area contributed by atoms with Crippen molar-refractivity contribution in [3.63, 3.8) is 0 Å². The molecule has 1 aromatic carbocycles. The van der Waals surface area contributed by atoms with Gasteiger partial charge in [0.1, 0.15) is 23.1 Å². The predicted molar refractivity (Wildman–Crippen MR) is 120 cm³/mol. The number of benzene rings is 1. The normalized spacial score (nSPS) is 23.6. The van der Waals surface area contributed by atoms with Gasteiger partial charge in [-0.2, -0.15) is 0 Å². The first kappa shape index (κ1) is 22.1. The lowest BCUT2D eigenvalue weighted by Crippen LogP contribution is -2.46. The van der Waals surface area contributed by atoms with Crippen LogP contribution in [0.3, 0.4) is 0 Å². The first-order valence-electron chi connectivity index (χ1n) is 11.9. The molecule has 3 aliphatic rings. The number of fused-ring (bicyclic) bond motifs is 2. The van der Waals surface area contributed by atoms with Crippen molar-refractivity contribution in [2.45, 2.75) is 69.2 Å². The molecule has 0 radical (unpaired) electrons. The highest BCUT2D eigenvalue weighted by molar-refractivity contribution is 5.86. The molecule has 0 amide bonds. The summed E-state index contributed by atoms with van der Waals surface area (Å²) in [5, 5.41) is 13.1. The maximum absolute atomic E-state index is 14.5. The van der Waals surface area contributed by atoms with Gasteiger partial charge in [0.25, 0.3) is 0 Å². The van der Waals surface area contributed by atoms with Crippen LogP contribution >= 0.6 is 0 Å². The van der Waals surface area contributed by atoms with Crippen LogP contribution in [-0.4, -0.2) is 44.4 Å². The average molecular weight is 482 g/mol. The van der Waals surface area contributed by atoms with Crippen molar-refractivity contribution in [1.82, 2.24) is 15.1 Å². The van der Waals surface area contributed by atoms with Gasteiger partial charge in [-0.1, -0.05) is 11.2 Å². The molecule has 3 fully saturated rings. The van der Waals surface area contributed by atoms with E-state index < -0.39 is 17.6 Å². The highest BCUT2D eigenvalue weighted by atomic mass is 19.1. The Morgan fingerprint density at radius 2 is 1.74 bits per heavy atom. The minimum absolute atomic E-state index is 0.0395. The van der Waals surface area contributed by atoms with Crippen molar-refractivity contribution in [3.05, 3.63) is 59.1 Å². The molecule has 2 aliphatic heterocycles. The first-order chi connectivity index (χ1) is 17.0. The van der Waals surface area contributed by atoms with E-state index in [1.54, 1.807) is 0 Å². The summed E-state index contributed by atoms with van der Waals surface area (Å²) in [5.41, 5.74) is 0.675. The molecule has 4 heterocycles. The fourth-order valence-corrected chi connectivity index (χ4v) is 5.40. The van der Waals surface area contributed by atoms with E-state index in [9.17, 15) is 13.6 Å². The second kappa shape index (κ2) is 8.67. The van der Waals surface area contributed by atoms with Crippen LogP contribution in [0.2, 0.25) is 0 Å². The number of aromatic carboxylic acids is 1. The third-order valence-electron chi connectivity index (χ3n) is 7.24. The number of piperidine rings is 1. The molecule has 6 rings (SSSR count). The van der Waals surface area contributed by atoms with Crippen LogP contribution in [0.1, 0.15) is 66.1 Å². The summed E-state index contributed by atoms with van der Waals surface area (Å²) in [7, 11) is 0. The summed E-state index contributed by atoms with van der Waals surface area (Å²) in [6, 6.07) is 4.13. The third-order valence-corrected chi connectivity index (χ3v) is 7.24. The van der Waals surface area contributed by atoms with Gasteiger partial charge in [0.15, 0.2) is 0 Å². The number of carboxylic acids is 1. The number of nitrogens with zero attached hydrogens (tertiary/aromatic N) is 4. The number of hydrogen-bond donors (Lipinski definition) is 1. The molecule has 35 heavy (non-hydrogen) atoms. The zero-order valence-corrected chi connectivity index (χ0v) is 18.9. The number of ether oxygens (including phenoxy) is 1. The molecule has 0 spiro atoms. The fourth-order valence-electron chi connectivity index (χ4n) is 5.40. The molecular weight excluding hydrogens is 458 g/mol. The van der Waals surface area contributed by atoms with Gasteiger partial charge >= 0.3 is 5.97 Å². The first-order valence-corrected chi connectivity index (χ1v) is 11.9. The van der Waals surface area contributed by atoms with Crippen molar-refractivity contribution in [1.29, 1.82) is 0 Å². The van der Waals surface area contributed by atoms with Crippen LogP contribution in [0, 0.1) is 11.6 Å². The SMILES string of the molecule is O=C(O)c1cnc(N2[C@@H]3CC[C@H]2CC(OCc2c(-c4c(F)cccc4F)noc2C2CC2)C3)nc1. The van der Waals surface area contributed by atoms with Gasteiger partial charge < -0.3 is 19.3 Å². The van der Waals surface area contributed by atoms with Gasteiger partial charge in [0.2, 0.25) is 5.95 Å². The predicted octanol–water partition coefficient (Wildman–Crippen LogP) is 4.70. The van der Waals surface area contributed by atoms with Crippen molar-refractivity contribution < 1.29 is 27.9 Å². The van der Waals surface area contributed by atoms with E-state index in [-0.39, 0.29) is 47.5 Å². The molecule has 8 nitrogen and oxygen atoms in total. The number of rotatable bonds is 7. The van der Waals surface area contributed by atoms with E-state index in [2.05, 4.69) is 20.0 Å². The second-order valence-electron chi connectivity index (χ2n) is 9.52. The standard InChI is InChI=1S/C25H24F2N4O4/c26-19-2-1-3-20(27)21(19)22-18(23(35-30-22)13-4-5-13)12-34-17-8-15-6-7-16(9-17)31(15)25-28-10-14(11-29-25)24(32)33/h1-3,10-11,13,15-17H,4-9,12H2,(H,32,33)/t15-,16+,17?. The zero-order chi connectivity index (χ0) is 24.1. The van der Waals surface area contributed by atoms with Crippen LogP contribution in [0.4, 0.5) is 14.7 Å². The van der Waals surface area contributed by atoms with E-state index in [4.69, 9.17) is 14.4 Å². The molecule has 3 atom stereocenters. The maximum Gasteiger partial charge on any atom is 0.338 e. The minimum Gasteiger partial charge on any atom is -0.478 e. The van der Waals surface area contributed by atoms with Crippen LogP contribution in [0.25, 0.3) is 11.3 Å². The summed E-state index contributed by atoms with van der Waals surface area (Å²) in [5.74, 6) is -0.998. The Bertz CT molecular complexity index is 1230. The lowest BCUT2D eigenvalue weighted by molar-refractivity contribution is 0.0144. The van der Waals surface area contributed by atoms with Gasteiger partial charge in [-0.15, -0.1) is 0 Å². The van der Waals surface area contributed by atoms with Crippen molar-refractivity contribution in [2.24, 2.45) is 0 Å². The van der Waals surface area contributed by atoms with Gasteiger partial charge in [0, 0.05) is 36.0 Å². The highest BCUT2D eigenvalue weighted by Gasteiger charge is 2.43. The van der Waals surface area contributed by atoms with Gasteiger partial charge in [0.05, 0.1) is 23.8 Å². The smallest absolute Gasteiger partial charge is 0.338 e. The molecule has 10 heteroatoms. The van der Waals surface area contributed by atoms with E-state index in [0.29, 0.717) is 17.3 Å². The Morgan fingerprint density at radius 1 is 1.09 bits per heavy atom. The fraction of sp³-hybridized carbons (Fsp3) is 0.440. The highest BCUT2D eigenvalue weighted by Crippen LogP contribution is 2.45. The number of carbonyl (C=O) groups is 1. The summed E-state index contributed by atoms with van der Waals surface area (Å²) < 4.78 is 40.9. The second-order valence-corrected chi connectivity index (χ2v) is 9.52. The maximum atomic E-state index is 14.5. The molecule has 1 unspecified atom stereocenters. The number of aromatic nitrogens is 3. The Balaban J connectivity index is 1.19. The van der Waals surface area contributed by atoms with Crippen molar-refractivity contribution >= 4 is 11.9 Å². The van der Waals surface area contributed by atoms with Crippen LogP contribution < -0.4 is 4.90 Å². The molecule has 182 valence electrons. The molecular formula is C25H24F2N4O4. The Hall–Kier alpha value is -3.40. The van der Waals surface area contributed by atoms with Gasteiger partial charge in [-0.25, -0.2) is 23.5 Å². The molecule has 3 aromatic rings. The molecule has 2 bridgehead atoms.